The fraction of sp³-hybridized carbons (Fsp3) is 0.318. The molecule has 2 aliphatic heterocycles. The molecule has 7 heteroatoms. The summed E-state index contributed by atoms with van der Waals surface area (Å²) in [4.78, 5) is 17.0. The van der Waals surface area contributed by atoms with Gasteiger partial charge in [0.05, 0.1) is 13.2 Å². The lowest BCUT2D eigenvalue weighted by molar-refractivity contribution is 0.208. The van der Waals surface area contributed by atoms with E-state index < -0.39 is 0 Å². The molecular weight excluding hydrogens is 386 g/mol. The van der Waals surface area contributed by atoms with Gasteiger partial charge in [0.15, 0.2) is 11.5 Å². The molecule has 3 heterocycles. The normalized spacial score (nSPS) is 16.6. The van der Waals surface area contributed by atoms with Crippen molar-refractivity contribution in [2.75, 3.05) is 49.6 Å². The largest absolute Gasteiger partial charge is 0.490 e. The van der Waals surface area contributed by atoms with Crippen molar-refractivity contribution in [1.29, 1.82) is 0 Å². The summed E-state index contributed by atoms with van der Waals surface area (Å²) in [5.41, 5.74) is 1.98. The fourth-order valence-corrected chi connectivity index (χ4v) is 4.66. The number of hydrogen-bond donors (Lipinski definition) is 1. The number of carbonyl (C=O) groups excluding carboxylic acids is 1. The summed E-state index contributed by atoms with van der Waals surface area (Å²) in [7, 11) is 0. The SMILES string of the molecule is O=C(Nc1ccc2c(c1)OCCCO2)N1CCN(c2cccc3sccc23)CC1. The van der Waals surface area contributed by atoms with Crippen molar-refractivity contribution < 1.29 is 14.3 Å². The van der Waals surface area contributed by atoms with Gasteiger partial charge in [-0.2, -0.15) is 0 Å². The lowest BCUT2D eigenvalue weighted by atomic mass is 10.2. The zero-order chi connectivity index (χ0) is 19.6. The molecular formula is C22H23N3O3S. The van der Waals surface area contributed by atoms with Crippen LogP contribution in [0.15, 0.2) is 47.8 Å². The quantitative estimate of drug-likeness (QED) is 0.681. The third-order valence-corrected chi connectivity index (χ3v) is 6.26. The summed E-state index contributed by atoms with van der Waals surface area (Å²) in [5.74, 6) is 1.42. The maximum Gasteiger partial charge on any atom is 0.321 e. The van der Waals surface area contributed by atoms with E-state index in [1.807, 2.05) is 23.1 Å². The van der Waals surface area contributed by atoms with Gasteiger partial charge in [-0.05, 0) is 35.7 Å². The van der Waals surface area contributed by atoms with Gasteiger partial charge in [0.25, 0.3) is 0 Å². The number of thiophene rings is 1. The van der Waals surface area contributed by atoms with Gasteiger partial charge in [-0.1, -0.05) is 6.07 Å². The summed E-state index contributed by atoms with van der Waals surface area (Å²) in [6, 6.07) is 14.1. The number of piperazine rings is 1. The van der Waals surface area contributed by atoms with E-state index in [0.29, 0.717) is 32.1 Å². The number of urea groups is 1. The van der Waals surface area contributed by atoms with Crippen molar-refractivity contribution in [3.8, 4) is 11.5 Å². The zero-order valence-corrected chi connectivity index (χ0v) is 16.9. The molecule has 0 atom stereocenters. The Morgan fingerprint density at radius 2 is 1.79 bits per heavy atom. The van der Waals surface area contributed by atoms with Gasteiger partial charge in [0, 0.05) is 60.1 Å². The molecule has 0 bridgehead atoms. The summed E-state index contributed by atoms with van der Waals surface area (Å²) in [5, 5.41) is 6.42. The van der Waals surface area contributed by atoms with Crippen molar-refractivity contribution in [2.24, 2.45) is 0 Å². The van der Waals surface area contributed by atoms with Crippen molar-refractivity contribution in [3.63, 3.8) is 0 Å². The molecule has 0 saturated carbocycles. The molecule has 3 aromatic rings. The van der Waals surface area contributed by atoms with Gasteiger partial charge in [-0.15, -0.1) is 11.3 Å². The first-order valence-corrected chi connectivity index (χ1v) is 10.8. The van der Waals surface area contributed by atoms with Crippen LogP contribution in [0.2, 0.25) is 0 Å². The molecule has 6 nitrogen and oxygen atoms in total. The van der Waals surface area contributed by atoms with E-state index >= 15 is 0 Å². The summed E-state index contributed by atoms with van der Waals surface area (Å²) < 4.78 is 12.7. The molecule has 1 fully saturated rings. The van der Waals surface area contributed by atoms with Crippen molar-refractivity contribution in [3.05, 3.63) is 47.8 Å². The molecule has 2 aromatic carbocycles. The van der Waals surface area contributed by atoms with Crippen LogP contribution in [-0.4, -0.2) is 50.3 Å². The van der Waals surface area contributed by atoms with E-state index in [9.17, 15) is 4.79 Å². The number of nitrogens with one attached hydrogen (secondary N) is 1. The minimum atomic E-state index is -0.0760. The predicted molar refractivity (Wildman–Crippen MR) is 117 cm³/mol. The number of anilines is 2. The second-order valence-corrected chi connectivity index (χ2v) is 8.17. The minimum absolute atomic E-state index is 0.0760. The first kappa shape index (κ1) is 18.1. The first-order valence-electron chi connectivity index (χ1n) is 9.95. The maximum atomic E-state index is 12.7. The summed E-state index contributed by atoms with van der Waals surface area (Å²) in [6.07, 6.45) is 0.861. The molecule has 150 valence electrons. The molecule has 1 aromatic heterocycles. The average Bonchev–Trinajstić information content (AvgIpc) is 3.12. The van der Waals surface area contributed by atoms with Crippen LogP contribution in [0.3, 0.4) is 0 Å². The Bertz CT molecular complexity index is 1030. The smallest absolute Gasteiger partial charge is 0.321 e. The van der Waals surface area contributed by atoms with Crippen LogP contribution in [0.5, 0.6) is 11.5 Å². The molecule has 0 unspecified atom stereocenters. The minimum Gasteiger partial charge on any atom is -0.490 e. The van der Waals surface area contributed by atoms with E-state index in [1.165, 1.54) is 15.8 Å². The lowest BCUT2D eigenvalue weighted by Crippen LogP contribution is -2.50. The number of benzene rings is 2. The predicted octanol–water partition coefficient (Wildman–Crippen LogP) is 4.42. The average molecular weight is 410 g/mol. The fourth-order valence-electron chi connectivity index (χ4n) is 3.85. The van der Waals surface area contributed by atoms with Crippen LogP contribution in [0.25, 0.3) is 10.1 Å². The Morgan fingerprint density at radius 1 is 0.966 bits per heavy atom. The Labute approximate surface area is 173 Å². The van der Waals surface area contributed by atoms with E-state index in [4.69, 9.17) is 9.47 Å². The molecule has 2 aliphatic rings. The molecule has 5 rings (SSSR count). The van der Waals surface area contributed by atoms with Crippen molar-refractivity contribution in [2.45, 2.75) is 6.42 Å². The third-order valence-electron chi connectivity index (χ3n) is 5.38. The van der Waals surface area contributed by atoms with Crippen LogP contribution in [0, 0.1) is 0 Å². The highest BCUT2D eigenvalue weighted by molar-refractivity contribution is 7.17. The number of amides is 2. The number of hydrogen-bond acceptors (Lipinski definition) is 5. The molecule has 0 radical (unpaired) electrons. The van der Waals surface area contributed by atoms with Gasteiger partial charge < -0.3 is 24.6 Å². The van der Waals surface area contributed by atoms with E-state index in [2.05, 4.69) is 39.9 Å². The number of nitrogens with zero attached hydrogens (tertiary/aromatic N) is 2. The molecule has 0 aliphatic carbocycles. The second-order valence-electron chi connectivity index (χ2n) is 7.23. The van der Waals surface area contributed by atoms with Crippen LogP contribution < -0.4 is 19.7 Å². The number of carbonyl (C=O) groups is 1. The molecule has 1 saturated heterocycles. The van der Waals surface area contributed by atoms with Gasteiger partial charge in [0.1, 0.15) is 0 Å². The summed E-state index contributed by atoms with van der Waals surface area (Å²) in [6.45, 7) is 4.31. The third kappa shape index (κ3) is 3.70. The van der Waals surface area contributed by atoms with Crippen LogP contribution >= 0.6 is 11.3 Å². The van der Waals surface area contributed by atoms with Crippen molar-refractivity contribution in [1.82, 2.24) is 4.90 Å². The molecule has 1 N–H and O–H groups in total. The van der Waals surface area contributed by atoms with Gasteiger partial charge in [-0.25, -0.2) is 4.79 Å². The lowest BCUT2D eigenvalue weighted by Gasteiger charge is -2.36. The number of rotatable bonds is 2. The topological polar surface area (TPSA) is 54.0 Å². The standard InChI is InChI=1S/C22H23N3O3S/c26-22(23-16-5-6-19-20(15-16)28-13-2-12-27-19)25-10-8-24(9-11-25)18-3-1-4-21-17(18)7-14-29-21/h1,3-7,14-15H,2,8-13H2,(H,23,26). The highest BCUT2D eigenvalue weighted by atomic mass is 32.1. The molecule has 0 spiro atoms. The Morgan fingerprint density at radius 3 is 2.66 bits per heavy atom. The van der Waals surface area contributed by atoms with Crippen LogP contribution in [0.1, 0.15) is 6.42 Å². The number of ether oxygens (including phenoxy) is 2. The number of fused-ring (bicyclic) bond motifs is 2. The first-order chi connectivity index (χ1) is 14.3. The highest BCUT2D eigenvalue weighted by Crippen LogP contribution is 2.33. The van der Waals surface area contributed by atoms with Crippen LogP contribution in [0.4, 0.5) is 16.2 Å². The summed E-state index contributed by atoms with van der Waals surface area (Å²) >= 11 is 1.76. The Kier molecular flexibility index (Phi) is 4.89. The van der Waals surface area contributed by atoms with Crippen LogP contribution in [-0.2, 0) is 0 Å². The second kappa shape index (κ2) is 7.83. The highest BCUT2D eigenvalue weighted by Gasteiger charge is 2.23. The Balaban J connectivity index is 1.23. The molecule has 29 heavy (non-hydrogen) atoms. The van der Waals surface area contributed by atoms with E-state index in [-0.39, 0.29) is 6.03 Å². The van der Waals surface area contributed by atoms with Gasteiger partial charge >= 0.3 is 6.03 Å². The van der Waals surface area contributed by atoms with Crippen molar-refractivity contribution >= 4 is 38.8 Å². The zero-order valence-electron chi connectivity index (χ0n) is 16.1. The van der Waals surface area contributed by atoms with Gasteiger partial charge in [0.2, 0.25) is 0 Å². The van der Waals surface area contributed by atoms with Gasteiger partial charge in [-0.3, -0.25) is 0 Å². The maximum absolute atomic E-state index is 12.7. The van der Waals surface area contributed by atoms with E-state index in [1.54, 1.807) is 11.3 Å². The molecule has 2 amide bonds. The monoisotopic (exact) mass is 409 g/mol. The Hall–Kier alpha value is -2.93. The van der Waals surface area contributed by atoms with E-state index in [0.717, 1.165) is 30.9 Å².